The van der Waals surface area contributed by atoms with Gasteiger partial charge in [-0.1, -0.05) is 0 Å². The van der Waals surface area contributed by atoms with E-state index in [0.717, 1.165) is 24.2 Å². The molecule has 0 fully saturated rings. The predicted molar refractivity (Wildman–Crippen MR) is 59.1 cm³/mol. The lowest BCUT2D eigenvalue weighted by Gasteiger charge is -2.20. The molecule has 1 aromatic rings. The van der Waals surface area contributed by atoms with E-state index in [1.807, 2.05) is 13.0 Å². The van der Waals surface area contributed by atoms with Crippen molar-refractivity contribution in [2.75, 3.05) is 7.11 Å². The van der Waals surface area contributed by atoms with Gasteiger partial charge in [0.15, 0.2) is 0 Å². The molecule has 0 saturated carbocycles. The Bertz CT molecular complexity index is 429. The summed E-state index contributed by atoms with van der Waals surface area (Å²) < 4.78 is 5.26. The Morgan fingerprint density at radius 2 is 2.07 bits per heavy atom. The maximum absolute atomic E-state index is 9.10. The van der Waals surface area contributed by atoms with E-state index in [1.54, 1.807) is 7.11 Å². The van der Waals surface area contributed by atoms with Crippen molar-refractivity contribution < 1.29 is 4.74 Å². The lowest BCUT2D eigenvalue weighted by atomic mass is 9.86. The smallest absolute Gasteiger partial charge is 0.137 e. The van der Waals surface area contributed by atoms with Crippen molar-refractivity contribution in [3.8, 4) is 11.8 Å². The minimum atomic E-state index is 0.707. The van der Waals surface area contributed by atoms with Gasteiger partial charge >= 0.3 is 0 Å². The number of benzene rings is 1. The van der Waals surface area contributed by atoms with E-state index in [4.69, 9.17) is 10.00 Å². The van der Waals surface area contributed by atoms with Crippen molar-refractivity contribution in [2.24, 2.45) is 0 Å². The van der Waals surface area contributed by atoms with E-state index in [0.29, 0.717) is 5.56 Å². The second-order valence-corrected chi connectivity index (χ2v) is 4.04. The predicted octanol–water partition coefficient (Wildman–Crippen LogP) is 2.75. The van der Waals surface area contributed by atoms with Crippen molar-refractivity contribution in [3.63, 3.8) is 0 Å². The van der Waals surface area contributed by atoms with Crippen LogP contribution in [0, 0.1) is 18.3 Å². The summed E-state index contributed by atoms with van der Waals surface area (Å²) in [5.74, 6) is 0.732. The molecule has 0 unspecified atom stereocenters. The molecule has 1 aliphatic rings. The van der Waals surface area contributed by atoms with E-state index >= 15 is 0 Å². The molecule has 2 nitrogen and oxygen atoms in total. The standard InChI is InChI=1S/C13H15NO/c1-9-11-6-4-3-5-10(11)7-13(15-2)12(9)8-14/h7H,3-6H2,1-2H3. The molecule has 1 aliphatic carbocycles. The molecule has 2 rings (SSSR count). The zero-order valence-corrected chi connectivity index (χ0v) is 9.26. The second kappa shape index (κ2) is 3.94. The van der Waals surface area contributed by atoms with Gasteiger partial charge in [0.05, 0.1) is 12.7 Å². The fourth-order valence-corrected chi connectivity index (χ4v) is 2.38. The quantitative estimate of drug-likeness (QED) is 0.700. The highest BCUT2D eigenvalue weighted by molar-refractivity contribution is 5.55. The maximum Gasteiger partial charge on any atom is 0.137 e. The van der Waals surface area contributed by atoms with Gasteiger partial charge in [-0.15, -0.1) is 0 Å². The molecule has 78 valence electrons. The number of rotatable bonds is 1. The van der Waals surface area contributed by atoms with Crippen molar-refractivity contribution in [1.29, 1.82) is 5.26 Å². The monoisotopic (exact) mass is 201 g/mol. The summed E-state index contributed by atoms with van der Waals surface area (Å²) in [6.07, 6.45) is 4.73. The van der Waals surface area contributed by atoms with Gasteiger partial charge in [-0.05, 0) is 55.4 Å². The highest BCUT2D eigenvalue weighted by atomic mass is 16.5. The van der Waals surface area contributed by atoms with Gasteiger partial charge in [0.2, 0.25) is 0 Å². The molecule has 0 atom stereocenters. The van der Waals surface area contributed by atoms with Gasteiger partial charge in [0.25, 0.3) is 0 Å². The largest absolute Gasteiger partial charge is 0.495 e. The van der Waals surface area contributed by atoms with Crippen molar-refractivity contribution in [2.45, 2.75) is 32.6 Å². The molecule has 0 N–H and O–H groups in total. The van der Waals surface area contributed by atoms with Gasteiger partial charge in [0, 0.05) is 0 Å². The molecule has 0 amide bonds. The zero-order valence-electron chi connectivity index (χ0n) is 9.26. The minimum absolute atomic E-state index is 0.707. The van der Waals surface area contributed by atoms with Crippen LogP contribution in [-0.2, 0) is 12.8 Å². The Morgan fingerprint density at radius 3 is 2.73 bits per heavy atom. The van der Waals surface area contributed by atoms with Crippen LogP contribution >= 0.6 is 0 Å². The molecule has 2 heteroatoms. The van der Waals surface area contributed by atoms with Gasteiger partial charge in [-0.3, -0.25) is 0 Å². The van der Waals surface area contributed by atoms with Gasteiger partial charge in [-0.25, -0.2) is 0 Å². The third-order valence-corrected chi connectivity index (χ3v) is 3.22. The lowest BCUT2D eigenvalue weighted by molar-refractivity contribution is 0.412. The SMILES string of the molecule is COc1cc2c(c(C)c1C#N)CCCC2. The molecule has 0 aromatic heterocycles. The first-order valence-corrected chi connectivity index (χ1v) is 5.37. The number of hydrogen-bond donors (Lipinski definition) is 0. The van der Waals surface area contributed by atoms with Gasteiger partial charge < -0.3 is 4.74 Å². The fourth-order valence-electron chi connectivity index (χ4n) is 2.38. The number of aryl methyl sites for hydroxylation is 1. The van der Waals surface area contributed by atoms with Crippen LogP contribution in [0.5, 0.6) is 5.75 Å². The van der Waals surface area contributed by atoms with Crippen LogP contribution in [0.3, 0.4) is 0 Å². The number of nitriles is 1. The average Bonchev–Trinajstić information content (AvgIpc) is 2.29. The van der Waals surface area contributed by atoms with E-state index in [-0.39, 0.29) is 0 Å². The van der Waals surface area contributed by atoms with E-state index in [9.17, 15) is 0 Å². The summed E-state index contributed by atoms with van der Waals surface area (Å²) in [6.45, 7) is 2.03. The topological polar surface area (TPSA) is 33.0 Å². The summed E-state index contributed by atoms with van der Waals surface area (Å²) in [4.78, 5) is 0. The van der Waals surface area contributed by atoms with Crippen LogP contribution < -0.4 is 4.74 Å². The maximum atomic E-state index is 9.10. The van der Waals surface area contributed by atoms with Gasteiger partial charge in [0.1, 0.15) is 11.8 Å². The first kappa shape index (κ1) is 10.0. The van der Waals surface area contributed by atoms with Crippen LogP contribution in [0.1, 0.15) is 35.1 Å². The molecule has 0 heterocycles. The fraction of sp³-hybridized carbons (Fsp3) is 0.462. The van der Waals surface area contributed by atoms with Crippen LogP contribution in [0.2, 0.25) is 0 Å². The molecular formula is C13H15NO. The van der Waals surface area contributed by atoms with Crippen LogP contribution in [0.25, 0.3) is 0 Å². The van der Waals surface area contributed by atoms with Crippen LogP contribution in [0.15, 0.2) is 6.07 Å². The number of ether oxygens (including phenoxy) is 1. The Balaban J connectivity index is 2.63. The molecule has 0 aliphatic heterocycles. The van der Waals surface area contributed by atoms with E-state index < -0.39 is 0 Å². The first-order valence-electron chi connectivity index (χ1n) is 5.37. The summed E-state index contributed by atoms with van der Waals surface area (Å²) in [7, 11) is 1.63. The summed E-state index contributed by atoms with van der Waals surface area (Å²) in [6, 6.07) is 4.28. The third kappa shape index (κ3) is 1.59. The number of methoxy groups -OCH3 is 1. The first-order chi connectivity index (χ1) is 7.27. The Hall–Kier alpha value is -1.49. The minimum Gasteiger partial charge on any atom is -0.495 e. The zero-order chi connectivity index (χ0) is 10.8. The molecule has 1 aromatic carbocycles. The Morgan fingerprint density at radius 1 is 1.33 bits per heavy atom. The number of hydrogen-bond acceptors (Lipinski definition) is 2. The average molecular weight is 201 g/mol. The second-order valence-electron chi connectivity index (χ2n) is 4.04. The molecule has 15 heavy (non-hydrogen) atoms. The Kier molecular flexibility index (Phi) is 2.64. The summed E-state index contributed by atoms with van der Waals surface area (Å²) in [5.41, 5.74) is 4.57. The lowest BCUT2D eigenvalue weighted by Crippen LogP contribution is -2.07. The van der Waals surface area contributed by atoms with E-state index in [1.165, 1.54) is 24.0 Å². The Labute approximate surface area is 90.5 Å². The summed E-state index contributed by atoms with van der Waals surface area (Å²) in [5, 5.41) is 9.10. The molecule has 0 radical (unpaired) electrons. The molecular weight excluding hydrogens is 186 g/mol. The van der Waals surface area contributed by atoms with Crippen molar-refractivity contribution >= 4 is 0 Å². The van der Waals surface area contributed by atoms with Gasteiger partial charge in [-0.2, -0.15) is 5.26 Å². The highest BCUT2D eigenvalue weighted by Gasteiger charge is 2.17. The summed E-state index contributed by atoms with van der Waals surface area (Å²) >= 11 is 0. The van der Waals surface area contributed by atoms with E-state index in [2.05, 4.69) is 6.07 Å². The third-order valence-electron chi connectivity index (χ3n) is 3.22. The molecule has 0 saturated heterocycles. The number of fused-ring (bicyclic) bond motifs is 1. The highest BCUT2D eigenvalue weighted by Crippen LogP contribution is 2.32. The van der Waals surface area contributed by atoms with Crippen LogP contribution in [0.4, 0.5) is 0 Å². The van der Waals surface area contributed by atoms with Crippen molar-refractivity contribution in [1.82, 2.24) is 0 Å². The number of nitrogens with zero attached hydrogens (tertiary/aromatic N) is 1. The molecule has 0 spiro atoms. The van der Waals surface area contributed by atoms with Crippen LogP contribution in [-0.4, -0.2) is 7.11 Å². The molecule has 0 bridgehead atoms. The normalized spacial score (nSPS) is 14.2. The van der Waals surface area contributed by atoms with Crippen molar-refractivity contribution in [3.05, 3.63) is 28.3 Å².